The number of rotatable bonds is 0. The van der Waals surface area contributed by atoms with Gasteiger partial charge in [0.2, 0.25) is 0 Å². The summed E-state index contributed by atoms with van der Waals surface area (Å²) in [6, 6.07) is 0. The van der Waals surface area contributed by atoms with Gasteiger partial charge in [-0.3, -0.25) is 0 Å². The molecule has 0 fully saturated rings. The molecule has 0 aliphatic heterocycles. The van der Waals surface area contributed by atoms with Crippen LogP contribution in [0.1, 0.15) is 0 Å². The van der Waals surface area contributed by atoms with Crippen LogP contribution in [0.2, 0.25) is 0 Å². The Morgan fingerprint density at radius 1 is 0.800 bits per heavy atom. The zero-order chi connectivity index (χ0) is 4.50. The van der Waals surface area contributed by atoms with E-state index in [2.05, 4.69) is 0 Å². The van der Waals surface area contributed by atoms with Crippen molar-refractivity contribution in [2.45, 2.75) is 0 Å². The van der Waals surface area contributed by atoms with Crippen LogP contribution in [0.4, 0.5) is 5.07 Å². The van der Waals surface area contributed by atoms with Gasteiger partial charge in [-0.05, 0) is 0 Å². The van der Waals surface area contributed by atoms with Crippen molar-refractivity contribution in [1.82, 2.24) is 0 Å². The van der Waals surface area contributed by atoms with E-state index in [0.717, 1.165) is 0 Å². The molecule has 5 heteroatoms. The first-order chi connectivity index (χ1) is 2.00. The third-order valence-corrected chi connectivity index (χ3v) is 0. The molecule has 37 valence electrons. The summed E-state index contributed by atoms with van der Waals surface area (Å²) in [5.74, 6) is 0. The Morgan fingerprint density at radius 3 is 0.800 bits per heavy atom. The summed E-state index contributed by atoms with van der Waals surface area (Å²) in [4.78, 5) is 0. The molecule has 0 aliphatic rings. The normalized spacial score (nSPS) is 15.2. The van der Waals surface area contributed by atoms with Gasteiger partial charge in [0, 0.05) is 0 Å². The quantitative estimate of drug-likeness (QED) is 0.560. The van der Waals surface area contributed by atoms with Crippen LogP contribution < -0.4 is 0 Å². The van der Waals surface area contributed by atoms with E-state index in [1.165, 1.54) is 0 Å². The van der Waals surface area contributed by atoms with Gasteiger partial charge in [-0.1, -0.05) is 0 Å². The summed E-state index contributed by atoms with van der Waals surface area (Å²) in [5, 5.41) is 0. The zero-order valence-corrected chi connectivity index (χ0v) is 3.98. The van der Waals surface area contributed by atoms with E-state index in [9.17, 15) is 5.07 Å². The third-order valence-electron chi connectivity index (χ3n) is 0. The van der Waals surface area contributed by atoms with Crippen molar-refractivity contribution < 1.29 is 38.9 Å². The Morgan fingerprint density at radius 2 is 0.800 bits per heavy atom. The molecule has 0 aromatic rings. The molecule has 0 bridgehead atoms. The fraction of sp³-hybridized carbons (Fsp3) is 0. The van der Waals surface area contributed by atoms with E-state index in [-0.39, 0.29) is 0 Å². The van der Waals surface area contributed by atoms with E-state index in [4.69, 9.17) is 0 Å². The average Bonchev–Trinajstić information content (AvgIpc) is 0.722. The van der Waals surface area contributed by atoms with E-state index < -0.39 is 33.8 Å². The molecule has 5 heavy (non-hydrogen) atoms. The standard InChI is InChI=1S/4FH.Tb/h4*1H;/q;;;;+4/p-4. The van der Waals surface area contributed by atoms with Crippen molar-refractivity contribution in [3.63, 3.8) is 0 Å². The SMILES string of the molecule is [F][Tb]([F])([F])[F]. The van der Waals surface area contributed by atoms with Crippen molar-refractivity contribution in [1.29, 1.82) is 0 Å². The van der Waals surface area contributed by atoms with Crippen molar-refractivity contribution >= 4 is 0 Å². The second-order valence-corrected chi connectivity index (χ2v) is 2.12. The van der Waals surface area contributed by atoms with E-state index in [1.54, 1.807) is 0 Å². The first kappa shape index (κ1) is 6.01. The molecule has 0 amide bonds. The van der Waals surface area contributed by atoms with Crippen molar-refractivity contribution in [2.24, 2.45) is 0 Å². The van der Waals surface area contributed by atoms with E-state index in [1.807, 2.05) is 0 Å². The maximum absolute atomic E-state index is 9.88. The molecular formula is F4Tb. The summed E-state index contributed by atoms with van der Waals surface area (Å²) < 4.78 is 39.5. The van der Waals surface area contributed by atoms with Gasteiger partial charge in [0.15, 0.2) is 0 Å². The Bertz CT molecular complexity index is 19.1. The van der Waals surface area contributed by atoms with Crippen LogP contribution in [0.5, 0.6) is 0 Å². The summed E-state index contributed by atoms with van der Waals surface area (Å²) in [6.45, 7) is 0. The summed E-state index contributed by atoms with van der Waals surface area (Å²) in [7, 11) is 0. The Hall–Kier alpha value is 1.01. The molecule has 0 unspecified atom stereocenters. The van der Waals surface area contributed by atoms with Crippen LogP contribution in [0.15, 0.2) is 0 Å². The topological polar surface area (TPSA) is 0 Å². The van der Waals surface area contributed by atoms with Gasteiger partial charge < -0.3 is 0 Å². The molecule has 0 aliphatic carbocycles. The molecule has 0 nitrogen and oxygen atoms in total. The van der Waals surface area contributed by atoms with Crippen LogP contribution >= 0.6 is 0 Å². The molecule has 0 heterocycles. The van der Waals surface area contributed by atoms with Gasteiger partial charge >= 0.3 is 38.9 Å². The molecule has 0 saturated carbocycles. The Kier molecular flexibility index (Phi) is 1.97. The van der Waals surface area contributed by atoms with Crippen molar-refractivity contribution in [2.75, 3.05) is 0 Å². The van der Waals surface area contributed by atoms with Crippen LogP contribution in [0.3, 0.4) is 0 Å². The molecule has 0 atom stereocenters. The van der Waals surface area contributed by atoms with Crippen LogP contribution in [-0.2, 0) is 0 Å². The predicted octanol–water partition coefficient (Wildman–Crippen LogP) is 1.68. The first-order valence-corrected chi connectivity index (χ1v) is 3.74. The fourth-order valence-electron chi connectivity index (χ4n) is 0. The minimum atomic E-state index is -7.00. The Labute approximate surface area is 38.7 Å². The molecule has 0 rings (SSSR count). The second-order valence-electron chi connectivity index (χ2n) is 0.286. The molecule has 0 saturated heterocycles. The molecule has 0 aromatic heterocycles. The first-order valence-electron chi connectivity index (χ1n) is 0.504. The fourth-order valence-corrected chi connectivity index (χ4v) is 0. The van der Waals surface area contributed by atoms with Gasteiger partial charge in [0.05, 0.1) is 0 Å². The monoisotopic (exact) mass is 235 g/mol. The summed E-state index contributed by atoms with van der Waals surface area (Å²) in [6.07, 6.45) is 0. The molecule has 0 N–H and O–H groups in total. The summed E-state index contributed by atoms with van der Waals surface area (Å²) >= 11 is -7.00. The third kappa shape index (κ3) is 44.7. The van der Waals surface area contributed by atoms with Crippen LogP contribution in [0, 0.1) is 33.8 Å². The maximum atomic E-state index is 9.88. The molecule has 0 spiro atoms. The van der Waals surface area contributed by atoms with Gasteiger partial charge in [0.1, 0.15) is 0 Å². The van der Waals surface area contributed by atoms with Crippen LogP contribution in [0.25, 0.3) is 0 Å². The number of hydrogen-bond donors (Lipinski definition) is 0. The number of halogens is 4. The van der Waals surface area contributed by atoms with Crippen LogP contribution in [-0.4, -0.2) is 0 Å². The van der Waals surface area contributed by atoms with Gasteiger partial charge in [-0.25, -0.2) is 0 Å². The Balaban J connectivity index is 3.02. The molecule has 0 radical (unpaired) electrons. The van der Waals surface area contributed by atoms with E-state index >= 15 is 0 Å². The molecular weight excluding hydrogens is 235 g/mol. The van der Waals surface area contributed by atoms with Gasteiger partial charge in [0.25, 0.3) is 0 Å². The zero-order valence-electron chi connectivity index (χ0n) is 1.85. The minimum absolute atomic E-state index is 7.00. The van der Waals surface area contributed by atoms with Gasteiger partial charge in [-0.15, -0.1) is 0 Å². The summed E-state index contributed by atoms with van der Waals surface area (Å²) in [5.41, 5.74) is 0. The second kappa shape index (κ2) is 1.64. The number of hydrogen-bond acceptors (Lipinski definition) is 0. The van der Waals surface area contributed by atoms with Gasteiger partial charge in [-0.2, -0.15) is 0 Å². The van der Waals surface area contributed by atoms with Crippen molar-refractivity contribution in [3.05, 3.63) is 0 Å². The average molecular weight is 235 g/mol. The van der Waals surface area contributed by atoms with E-state index in [0.29, 0.717) is 0 Å². The van der Waals surface area contributed by atoms with Crippen molar-refractivity contribution in [3.8, 4) is 0 Å². The molecule has 0 aromatic carbocycles. The predicted molar refractivity (Wildman–Crippen MR) is 4.43 cm³/mol.